The van der Waals surface area contributed by atoms with Gasteiger partial charge in [-0.15, -0.1) is 0 Å². The Balaban J connectivity index is 2.01. The first kappa shape index (κ1) is 16.1. The zero-order chi connectivity index (χ0) is 13.9. The Labute approximate surface area is 120 Å². The van der Waals surface area contributed by atoms with Crippen LogP contribution in [0.5, 0.6) is 0 Å². The highest BCUT2D eigenvalue weighted by molar-refractivity contribution is 7.99. The second-order valence-corrected chi connectivity index (χ2v) is 5.65. The van der Waals surface area contributed by atoms with E-state index in [4.69, 9.17) is 5.73 Å². The molecule has 0 fully saturated rings. The molecule has 0 aliphatic carbocycles. The summed E-state index contributed by atoms with van der Waals surface area (Å²) >= 11 is 1.61. The maximum Gasteiger partial charge on any atom is 0.229 e. The molecule has 3 nitrogen and oxygen atoms in total. The number of aryl methyl sites for hydroxylation is 1. The summed E-state index contributed by atoms with van der Waals surface area (Å²) in [5.74, 6) is 1.48. The highest BCUT2D eigenvalue weighted by atomic mass is 32.2. The van der Waals surface area contributed by atoms with E-state index in [0.717, 1.165) is 31.6 Å². The first-order valence-electron chi connectivity index (χ1n) is 6.86. The summed E-state index contributed by atoms with van der Waals surface area (Å²) < 4.78 is 0. The smallest absolute Gasteiger partial charge is 0.229 e. The van der Waals surface area contributed by atoms with Crippen molar-refractivity contribution < 1.29 is 4.79 Å². The van der Waals surface area contributed by atoms with Crippen molar-refractivity contribution in [3.8, 4) is 0 Å². The summed E-state index contributed by atoms with van der Waals surface area (Å²) in [6, 6.07) is 10.5. The van der Waals surface area contributed by atoms with Crippen LogP contribution < -0.4 is 11.1 Å². The van der Waals surface area contributed by atoms with Crippen LogP contribution in [0, 0.1) is 0 Å². The van der Waals surface area contributed by atoms with Crippen molar-refractivity contribution in [2.45, 2.75) is 32.2 Å². The molecule has 19 heavy (non-hydrogen) atoms. The van der Waals surface area contributed by atoms with Crippen molar-refractivity contribution in [3.05, 3.63) is 35.9 Å². The minimum Gasteiger partial charge on any atom is -0.355 e. The number of benzene rings is 1. The van der Waals surface area contributed by atoms with Gasteiger partial charge in [-0.25, -0.2) is 0 Å². The molecule has 4 heteroatoms. The van der Waals surface area contributed by atoms with E-state index in [-0.39, 0.29) is 11.9 Å². The van der Waals surface area contributed by atoms with Gasteiger partial charge in [0.1, 0.15) is 0 Å². The van der Waals surface area contributed by atoms with Gasteiger partial charge in [-0.05, 0) is 24.8 Å². The zero-order valence-corrected chi connectivity index (χ0v) is 12.4. The first-order valence-corrected chi connectivity index (χ1v) is 8.01. The number of nitrogens with two attached hydrogens (primary N) is 1. The average Bonchev–Trinajstić information content (AvgIpc) is 2.44. The van der Waals surface area contributed by atoms with Crippen LogP contribution in [0.15, 0.2) is 30.3 Å². The van der Waals surface area contributed by atoms with Crippen LogP contribution >= 0.6 is 11.8 Å². The van der Waals surface area contributed by atoms with Gasteiger partial charge in [-0.3, -0.25) is 4.79 Å². The largest absolute Gasteiger partial charge is 0.355 e. The molecule has 106 valence electrons. The number of rotatable bonds is 9. The summed E-state index contributed by atoms with van der Waals surface area (Å²) in [4.78, 5) is 11.6. The van der Waals surface area contributed by atoms with Crippen LogP contribution in [0.25, 0.3) is 0 Å². The highest BCUT2D eigenvalue weighted by Gasteiger charge is 2.03. The van der Waals surface area contributed by atoms with E-state index in [9.17, 15) is 4.79 Å². The summed E-state index contributed by atoms with van der Waals surface area (Å²) in [6.45, 7) is 2.81. The molecule has 1 aromatic rings. The van der Waals surface area contributed by atoms with Crippen LogP contribution in [-0.4, -0.2) is 30.0 Å². The molecule has 0 aromatic heterocycles. The number of nitrogens with one attached hydrogen (secondary N) is 1. The van der Waals surface area contributed by atoms with Gasteiger partial charge < -0.3 is 11.1 Å². The van der Waals surface area contributed by atoms with Crippen LogP contribution in [0.2, 0.25) is 0 Å². The molecule has 1 rings (SSSR count). The van der Waals surface area contributed by atoms with Crippen molar-refractivity contribution in [1.82, 2.24) is 5.32 Å². The predicted octanol–water partition coefficient (Wildman–Crippen LogP) is 2.21. The lowest BCUT2D eigenvalue weighted by Crippen LogP contribution is -2.28. The lowest BCUT2D eigenvalue weighted by atomic mass is 10.1. The molecule has 1 atom stereocenters. The zero-order valence-electron chi connectivity index (χ0n) is 11.6. The Hall–Kier alpha value is -1.00. The van der Waals surface area contributed by atoms with Gasteiger partial charge in [0.15, 0.2) is 0 Å². The van der Waals surface area contributed by atoms with E-state index in [1.165, 1.54) is 5.56 Å². The van der Waals surface area contributed by atoms with E-state index >= 15 is 0 Å². The number of carbonyl (C=O) groups excluding carboxylic acids is 1. The fourth-order valence-electron chi connectivity index (χ4n) is 1.64. The van der Waals surface area contributed by atoms with Crippen LogP contribution in [0.3, 0.4) is 0 Å². The Kier molecular flexibility index (Phi) is 8.34. The van der Waals surface area contributed by atoms with E-state index in [1.807, 2.05) is 18.2 Å². The summed E-state index contributed by atoms with van der Waals surface area (Å²) in [7, 11) is 0. The Morgan fingerprint density at radius 3 is 2.79 bits per heavy atom. The molecular weight excluding hydrogens is 256 g/mol. The standard InChI is InChI=1S/C15H24N2OS/c1-2-14(16)11-19-12-15(18)17-10-6-9-13-7-4-3-5-8-13/h3-5,7-8,14H,2,6,9-12,16H2,1H3,(H,17,18). The number of hydrogen-bond acceptors (Lipinski definition) is 3. The van der Waals surface area contributed by atoms with Gasteiger partial charge in [-0.2, -0.15) is 11.8 Å². The number of carbonyl (C=O) groups is 1. The van der Waals surface area contributed by atoms with Gasteiger partial charge >= 0.3 is 0 Å². The highest BCUT2D eigenvalue weighted by Crippen LogP contribution is 2.04. The molecule has 1 aromatic carbocycles. The fraction of sp³-hybridized carbons (Fsp3) is 0.533. The summed E-state index contributed by atoms with van der Waals surface area (Å²) in [6.07, 6.45) is 2.95. The lowest BCUT2D eigenvalue weighted by molar-refractivity contribution is -0.118. The normalized spacial score (nSPS) is 12.1. The summed E-state index contributed by atoms with van der Waals surface area (Å²) in [5.41, 5.74) is 7.11. The van der Waals surface area contributed by atoms with Crippen LogP contribution in [0.4, 0.5) is 0 Å². The SMILES string of the molecule is CCC(N)CSCC(=O)NCCCc1ccccc1. The Morgan fingerprint density at radius 2 is 2.11 bits per heavy atom. The molecule has 0 aliphatic heterocycles. The molecule has 1 amide bonds. The third-order valence-corrected chi connectivity index (χ3v) is 4.03. The molecule has 0 bridgehead atoms. The number of hydrogen-bond donors (Lipinski definition) is 2. The Morgan fingerprint density at radius 1 is 1.37 bits per heavy atom. The minimum absolute atomic E-state index is 0.112. The van der Waals surface area contributed by atoms with Crippen LogP contribution in [0.1, 0.15) is 25.3 Å². The number of thioether (sulfide) groups is 1. The molecule has 0 saturated heterocycles. The topological polar surface area (TPSA) is 55.1 Å². The number of amides is 1. The molecule has 0 spiro atoms. The van der Waals surface area contributed by atoms with E-state index in [2.05, 4.69) is 24.4 Å². The second kappa shape index (κ2) is 9.87. The molecule has 0 saturated carbocycles. The predicted molar refractivity (Wildman–Crippen MR) is 83.4 cm³/mol. The molecular formula is C15H24N2OS. The van der Waals surface area contributed by atoms with E-state index in [0.29, 0.717) is 5.75 Å². The third kappa shape index (κ3) is 7.90. The maximum absolute atomic E-state index is 11.6. The van der Waals surface area contributed by atoms with Crippen LogP contribution in [-0.2, 0) is 11.2 Å². The second-order valence-electron chi connectivity index (χ2n) is 4.62. The molecule has 0 heterocycles. The van der Waals surface area contributed by atoms with E-state index < -0.39 is 0 Å². The van der Waals surface area contributed by atoms with Gasteiger partial charge in [0, 0.05) is 18.3 Å². The minimum atomic E-state index is 0.112. The quantitative estimate of drug-likeness (QED) is 0.682. The monoisotopic (exact) mass is 280 g/mol. The van der Waals surface area contributed by atoms with Gasteiger partial charge in [-0.1, -0.05) is 37.3 Å². The van der Waals surface area contributed by atoms with Gasteiger partial charge in [0.25, 0.3) is 0 Å². The first-order chi connectivity index (χ1) is 9.22. The summed E-state index contributed by atoms with van der Waals surface area (Å²) in [5, 5.41) is 2.94. The van der Waals surface area contributed by atoms with Gasteiger partial charge in [0.2, 0.25) is 5.91 Å². The van der Waals surface area contributed by atoms with Crippen molar-refractivity contribution in [2.24, 2.45) is 5.73 Å². The molecule has 3 N–H and O–H groups in total. The molecule has 0 aliphatic rings. The molecule has 0 radical (unpaired) electrons. The molecule has 1 unspecified atom stereocenters. The van der Waals surface area contributed by atoms with Gasteiger partial charge in [0.05, 0.1) is 5.75 Å². The van der Waals surface area contributed by atoms with Crippen molar-refractivity contribution in [2.75, 3.05) is 18.1 Å². The lowest BCUT2D eigenvalue weighted by Gasteiger charge is -2.08. The fourth-order valence-corrected chi connectivity index (χ4v) is 2.58. The van der Waals surface area contributed by atoms with E-state index in [1.54, 1.807) is 11.8 Å². The van der Waals surface area contributed by atoms with Crippen molar-refractivity contribution >= 4 is 17.7 Å². The third-order valence-electron chi connectivity index (χ3n) is 2.90. The Bertz CT molecular complexity index is 356. The maximum atomic E-state index is 11.6. The van der Waals surface area contributed by atoms with Crippen molar-refractivity contribution in [3.63, 3.8) is 0 Å². The average molecular weight is 280 g/mol. The van der Waals surface area contributed by atoms with Crippen molar-refractivity contribution in [1.29, 1.82) is 0 Å².